The number of aliphatic carboxylic acids is 2. The largest absolute Gasteiger partial charge is 0.490 e. The molecule has 0 radical (unpaired) electrons. The standard InChI is InChI=1S/C15H25N5O2.2C2HF3O2/c1-17-3-5-18(6-4-17)10-13-9-16-14-11-19(7-8-20(13)14)15(21)12-22-2;2*3-2(4,5)1(6)7/h9H,3-8,10-12H2,1-2H3;2*(H,6,7). The Morgan fingerprint density at radius 3 is 1.89 bits per heavy atom. The molecule has 1 aromatic heterocycles. The predicted molar refractivity (Wildman–Crippen MR) is 110 cm³/mol. The number of halogens is 6. The molecule has 3 heterocycles. The lowest BCUT2D eigenvalue weighted by atomic mass is 10.3. The predicted octanol–water partition coefficient (Wildman–Crippen LogP) is 0.886. The summed E-state index contributed by atoms with van der Waals surface area (Å²) in [5.74, 6) is -4.49. The lowest BCUT2D eigenvalue weighted by Crippen LogP contribution is -2.44. The molecule has 1 fully saturated rings. The molecule has 2 N–H and O–H groups in total. The van der Waals surface area contributed by atoms with Crippen LogP contribution in [0.3, 0.4) is 0 Å². The molecule has 0 spiro atoms. The molecule has 0 saturated carbocycles. The van der Waals surface area contributed by atoms with Crippen molar-refractivity contribution in [3.05, 3.63) is 17.7 Å². The summed E-state index contributed by atoms with van der Waals surface area (Å²) in [5.41, 5.74) is 1.26. The highest BCUT2D eigenvalue weighted by Crippen LogP contribution is 2.17. The normalized spacial score (nSPS) is 16.7. The van der Waals surface area contributed by atoms with E-state index in [0.717, 1.165) is 51.6 Å². The number of carbonyl (C=O) groups excluding carboxylic acids is 1. The van der Waals surface area contributed by atoms with Crippen LogP contribution in [0.1, 0.15) is 11.5 Å². The molecule has 206 valence electrons. The first-order chi connectivity index (χ1) is 16.6. The van der Waals surface area contributed by atoms with E-state index >= 15 is 0 Å². The zero-order valence-corrected chi connectivity index (χ0v) is 19.5. The Bertz CT molecular complexity index is 859. The molecule has 0 atom stereocenters. The van der Waals surface area contributed by atoms with Crippen molar-refractivity contribution in [2.45, 2.75) is 32.0 Å². The maximum Gasteiger partial charge on any atom is 0.490 e. The lowest BCUT2D eigenvalue weighted by Gasteiger charge is -2.33. The molecule has 3 rings (SSSR count). The summed E-state index contributed by atoms with van der Waals surface area (Å²) in [5, 5.41) is 14.2. The molecule has 36 heavy (non-hydrogen) atoms. The molecule has 1 aromatic rings. The number of imidazole rings is 1. The molecular formula is C19H27F6N5O6. The van der Waals surface area contributed by atoms with Gasteiger partial charge in [-0.1, -0.05) is 0 Å². The van der Waals surface area contributed by atoms with E-state index in [1.807, 2.05) is 11.1 Å². The number of rotatable bonds is 4. The average Bonchev–Trinajstić information content (AvgIpc) is 3.17. The number of ether oxygens (including phenoxy) is 1. The van der Waals surface area contributed by atoms with Crippen molar-refractivity contribution in [2.75, 3.05) is 53.5 Å². The number of fused-ring (bicyclic) bond motifs is 1. The van der Waals surface area contributed by atoms with E-state index in [1.165, 1.54) is 5.69 Å². The monoisotopic (exact) mass is 535 g/mol. The van der Waals surface area contributed by atoms with Crippen LogP contribution in [0.5, 0.6) is 0 Å². The van der Waals surface area contributed by atoms with E-state index in [2.05, 4.69) is 26.4 Å². The fraction of sp³-hybridized carbons (Fsp3) is 0.684. The van der Waals surface area contributed by atoms with Crippen molar-refractivity contribution in [1.82, 2.24) is 24.3 Å². The summed E-state index contributed by atoms with van der Waals surface area (Å²) < 4.78 is 70.7. The summed E-state index contributed by atoms with van der Waals surface area (Å²) in [7, 11) is 3.72. The number of carbonyl (C=O) groups is 3. The van der Waals surface area contributed by atoms with Crippen LogP contribution in [0.4, 0.5) is 26.3 Å². The zero-order valence-electron chi connectivity index (χ0n) is 19.5. The van der Waals surface area contributed by atoms with E-state index in [4.69, 9.17) is 24.5 Å². The number of carboxylic acids is 2. The topological polar surface area (TPSA) is 128 Å². The number of methoxy groups -OCH3 is 1. The van der Waals surface area contributed by atoms with Crippen molar-refractivity contribution < 1.29 is 55.7 Å². The number of aromatic nitrogens is 2. The van der Waals surface area contributed by atoms with Crippen molar-refractivity contribution >= 4 is 17.8 Å². The van der Waals surface area contributed by atoms with Gasteiger partial charge in [-0.15, -0.1) is 0 Å². The second-order valence-electron chi connectivity index (χ2n) is 7.75. The van der Waals surface area contributed by atoms with Crippen LogP contribution < -0.4 is 0 Å². The van der Waals surface area contributed by atoms with Crippen LogP contribution in [0, 0.1) is 0 Å². The Balaban J connectivity index is 0.000000383. The molecule has 2 aliphatic rings. The summed E-state index contributed by atoms with van der Waals surface area (Å²) in [6.07, 6.45) is -8.20. The molecule has 1 amide bonds. The van der Waals surface area contributed by atoms with Crippen LogP contribution in [-0.4, -0.2) is 118 Å². The Kier molecular flexibility index (Phi) is 11.6. The molecule has 1 saturated heterocycles. The van der Waals surface area contributed by atoms with E-state index in [-0.39, 0.29) is 12.5 Å². The second-order valence-corrected chi connectivity index (χ2v) is 7.75. The summed E-state index contributed by atoms with van der Waals surface area (Å²) in [4.78, 5) is 40.9. The number of hydrogen-bond donors (Lipinski definition) is 2. The van der Waals surface area contributed by atoms with Crippen LogP contribution in [0.15, 0.2) is 6.20 Å². The molecule has 0 unspecified atom stereocenters. The zero-order chi connectivity index (χ0) is 27.7. The summed E-state index contributed by atoms with van der Waals surface area (Å²) in [6, 6.07) is 0. The molecule has 0 bridgehead atoms. The Hall–Kier alpha value is -2.92. The van der Waals surface area contributed by atoms with Gasteiger partial charge in [-0.2, -0.15) is 26.3 Å². The number of piperazine rings is 1. The van der Waals surface area contributed by atoms with Gasteiger partial charge in [-0.3, -0.25) is 9.69 Å². The van der Waals surface area contributed by atoms with Gasteiger partial charge in [0.15, 0.2) is 0 Å². The molecule has 0 aliphatic carbocycles. The number of nitrogens with zero attached hydrogens (tertiary/aromatic N) is 5. The van der Waals surface area contributed by atoms with Crippen molar-refractivity contribution in [1.29, 1.82) is 0 Å². The van der Waals surface area contributed by atoms with E-state index in [0.29, 0.717) is 6.54 Å². The van der Waals surface area contributed by atoms with E-state index in [1.54, 1.807) is 7.11 Å². The number of alkyl halides is 6. The number of amides is 1. The van der Waals surface area contributed by atoms with Gasteiger partial charge in [0.1, 0.15) is 12.4 Å². The number of likely N-dealkylation sites (N-methyl/N-ethyl adjacent to an activating group) is 1. The second kappa shape index (κ2) is 13.4. The van der Waals surface area contributed by atoms with Gasteiger partial charge < -0.3 is 29.3 Å². The van der Waals surface area contributed by atoms with Gasteiger partial charge in [-0.05, 0) is 7.05 Å². The first-order valence-corrected chi connectivity index (χ1v) is 10.4. The van der Waals surface area contributed by atoms with Gasteiger partial charge in [0.25, 0.3) is 0 Å². The Morgan fingerprint density at radius 2 is 1.44 bits per heavy atom. The molecule has 2 aliphatic heterocycles. The maximum absolute atomic E-state index is 11.9. The minimum atomic E-state index is -5.08. The number of hydrogen-bond acceptors (Lipinski definition) is 7. The fourth-order valence-corrected chi connectivity index (χ4v) is 3.11. The quantitative estimate of drug-likeness (QED) is 0.540. The minimum absolute atomic E-state index is 0.0392. The third-order valence-electron chi connectivity index (χ3n) is 5.03. The molecular weight excluding hydrogens is 508 g/mol. The van der Waals surface area contributed by atoms with Gasteiger partial charge in [0.05, 0.1) is 12.2 Å². The fourth-order valence-electron chi connectivity index (χ4n) is 3.11. The van der Waals surface area contributed by atoms with Crippen LogP contribution >= 0.6 is 0 Å². The van der Waals surface area contributed by atoms with Crippen LogP contribution in [0.25, 0.3) is 0 Å². The number of carboxylic acid groups (broad SMARTS) is 2. The third kappa shape index (κ3) is 10.4. The highest BCUT2D eigenvalue weighted by Gasteiger charge is 2.38. The maximum atomic E-state index is 11.9. The van der Waals surface area contributed by atoms with Crippen molar-refractivity contribution in [2.24, 2.45) is 0 Å². The third-order valence-corrected chi connectivity index (χ3v) is 5.03. The SMILES string of the molecule is COCC(=O)N1CCn2c(CN3CCN(C)CC3)cnc2C1.O=C(O)C(F)(F)F.O=C(O)C(F)(F)F. The van der Waals surface area contributed by atoms with Crippen LogP contribution in [0.2, 0.25) is 0 Å². The average molecular weight is 535 g/mol. The Labute approximate surface area is 201 Å². The summed E-state index contributed by atoms with van der Waals surface area (Å²) >= 11 is 0. The van der Waals surface area contributed by atoms with Gasteiger partial charge in [0.2, 0.25) is 5.91 Å². The molecule has 17 heteroatoms. The van der Waals surface area contributed by atoms with Crippen LogP contribution in [-0.2, 0) is 38.8 Å². The first kappa shape index (κ1) is 31.1. The minimum Gasteiger partial charge on any atom is -0.475 e. The first-order valence-electron chi connectivity index (χ1n) is 10.4. The molecule has 0 aromatic carbocycles. The highest BCUT2D eigenvalue weighted by molar-refractivity contribution is 5.77. The molecule has 11 nitrogen and oxygen atoms in total. The van der Waals surface area contributed by atoms with Crippen molar-refractivity contribution in [3.8, 4) is 0 Å². The Morgan fingerprint density at radius 1 is 0.944 bits per heavy atom. The van der Waals surface area contributed by atoms with E-state index < -0.39 is 24.3 Å². The van der Waals surface area contributed by atoms with Gasteiger partial charge in [-0.25, -0.2) is 14.6 Å². The highest BCUT2D eigenvalue weighted by atomic mass is 19.4. The lowest BCUT2D eigenvalue weighted by molar-refractivity contribution is -0.193. The van der Waals surface area contributed by atoms with Crippen molar-refractivity contribution in [3.63, 3.8) is 0 Å². The summed E-state index contributed by atoms with van der Waals surface area (Å²) in [6.45, 7) is 7.72. The van der Waals surface area contributed by atoms with E-state index in [9.17, 15) is 31.1 Å². The smallest absolute Gasteiger partial charge is 0.475 e. The van der Waals surface area contributed by atoms with Gasteiger partial charge in [0, 0.05) is 59.1 Å². The van der Waals surface area contributed by atoms with Gasteiger partial charge >= 0.3 is 24.3 Å².